The number of rotatable bonds is 6. The van der Waals surface area contributed by atoms with E-state index in [0.29, 0.717) is 16.7 Å². The number of benzene rings is 2. The van der Waals surface area contributed by atoms with Crippen LogP contribution in [0.2, 0.25) is 0 Å². The molecule has 3 aromatic rings. The van der Waals surface area contributed by atoms with Gasteiger partial charge in [0.25, 0.3) is 5.91 Å². The number of methoxy groups -OCH3 is 2. The molecular formula is C21H18FNO6. The molecule has 0 radical (unpaired) electrons. The third-order valence-corrected chi connectivity index (χ3v) is 4.34. The fourth-order valence-corrected chi connectivity index (χ4v) is 2.93. The minimum Gasteiger partial charge on any atom is -0.497 e. The van der Waals surface area contributed by atoms with Crippen molar-refractivity contribution in [3.8, 4) is 5.75 Å². The van der Waals surface area contributed by atoms with Crippen LogP contribution in [0.5, 0.6) is 5.75 Å². The number of carbonyl (C=O) groups is 2. The van der Waals surface area contributed by atoms with Crippen molar-refractivity contribution in [2.75, 3.05) is 14.2 Å². The maximum Gasteiger partial charge on any atom is 0.336 e. The van der Waals surface area contributed by atoms with E-state index in [1.165, 1.54) is 38.5 Å². The first-order valence-corrected chi connectivity index (χ1v) is 8.66. The van der Waals surface area contributed by atoms with Crippen LogP contribution < -0.4 is 15.7 Å². The zero-order chi connectivity index (χ0) is 21.0. The van der Waals surface area contributed by atoms with E-state index < -0.39 is 29.4 Å². The summed E-state index contributed by atoms with van der Waals surface area (Å²) in [5.74, 6) is -1.42. The van der Waals surface area contributed by atoms with Gasteiger partial charge in [-0.1, -0.05) is 6.07 Å². The molecule has 1 amide bonds. The molecule has 150 valence electrons. The predicted molar refractivity (Wildman–Crippen MR) is 102 cm³/mol. The molecular weight excluding hydrogens is 381 g/mol. The minimum atomic E-state index is -1.09. The van der Waals surface area contributed by atoms with Gasteiger partial charge in [0, 0.05) is 29.5 Å². The molecule has 0 aliphatic rings. The van der Waals surface area contributed by atoms with Crippen molar-refractivity contribution in [2.45, 2.75) is 12.5 Å². The third kappa shape index (κ3) is 4.60. The first kappa shape index (κ1) is 20.1. The van der Waals surface area contributed by atoms with Crippen LogP contribution in [-0.2, 0) is 16.0 Å². The highest BCUT2D eigenvalue weighted by Crippen LogP contribution is 2.23. The number of nitrogens with one attached hydrogen (secondary N) is 1. The van der Waals surface area contributed by atoms with E-state index in [1.54, 1.807) is 18.2 Å². The summed E-state index contributed by atoms with van der Waals surface area (Å²) in [5.41, 5.74) is 0.211. The highest BCUT2D eigenvalue weighted by atomic mass is 19.1. The normalized spacial score (nSPS) is 11.7. The maximum atomic E-state index is 13.4. The molecule has 3 rings (SSSR count). The lowest BCUT2D eigenvalue weighted by atomic mass is 10.0. The number of amides is 1. The Bertz CT molecular complexity index is 1120. The molecule has 2 aromatic carbocycles. The van der Waals surface area contributed by atoms with Crippen molar-refractivity contribution >= 4 is 22.8 Å². The maximum absolute atomic E-state index is 13.4. The molecule has 0 spiro atoms. The van der Waals surface area contributed by atoms with Gasteiger partial charge in [-0.2, -0.15) is 0 Å². The minimum absolute atomic E-state index is 0.0256. The lowest BCUT2D eigenvalue weighted by Crippen LogP contribution is -2.43. The van der Waals surface area contributed by atoms with Gasteiger partial charge >= 0.3 is 11.6 Å². The molecule has 1 aromatic heterocycles. The predicted octanol–water partition coefficient (Wildman–Crippen LogP) is 2.45. The largest absolute Gasteiger partial charge is 0.497 e. The van der Waals surface area contributed by atoms with Crippen LogP contribution in [0, 0.1) is 5.82 Å². The molecule has 0 unspecified atom stereocenters. The quantitative estimate of drug-likeness (QED) is 0.505. The molecule has 0 aliphatic heterocycles. The van der Waals surface area contributed by atoms with Crippen molar-refractivity contribution in [3.05, 3.63) is 75.9 Å². The fraction of sp³-hybridized carbons (Fsp3) is 0.190. The third-order valence-electron chi connectivity index (χ3n) is 4.34. The van der Waals surface area contributed by atoms with Crippen LogP contribution in [0.1, 0.15) is 15.9 Å². The van der Waals surface area contributed by atoms with Crippen molar-refractivity contribution in [1.29, 1.82) is 0 Å². The second-order valence-corrected chi connectivity index (χ2v) is 6.22. The van der Waals surface area contributed by atoms with Gasteiger partial charge in [-0.3, -0.25) is 4.79 Å². The zero-order valence-electron chi connectivity index (χ0n) is 15.7. The molecule has 0 fully saturated rings. The summed E-state index contributed by atoms with van der Waals surface area (Å²) in [4.78, 5) is 36.6. The molecule has 0 saturated heterocycles. The van der Waals surface area contributed by atoms with Crippen molar-refractivity contribution in [3.63, 3.8) is 0 Å². The zero-order valence-corrected chi connectivity index (χ0v) is 15.7. The van der Waals surface area contributed by atoms with Gasteiger partial charge in [-0.15, -0.1) is 0 Å². The molecule has 1 atom stereocenters. The van der Waals surface area contributed by atoms with Crippen molar-refractivity contribution in [1.82, 2.24) is 5.32 Å². The number of carbonyl (C=O) groups excluding carboxylic acids is 2. The molecule has 1 heterocycles. The topological polar surface area (TPSA) is 94.8 Å². The highest BCUT2D eigenvalue weighted by Gasteiger charge is 2.24. The summed E-state index contributed by atoms with van der Waals surface area (Å²) in [6.07, 6.45) is -0.0256. The number of ether oxygens (including phenoxy) is 2. The molecule has 29 heavy (non-hydrogen) atoms. The number of hydrogen-bond acceptors (Lipinski definition) is 6. The van der Waals surface area contributed by atoms with E-state index in [-0.39, 0.29) is 17.6 Å². The lowest BCUT2D eigenvalue weighted by molar-refractivity contribution is -0.142. The average Bonchev–Trinajstić information content (AvgIpc) is 2.71. The summed E-state index contributed by atoms with van der Waals surface area (Å²) < 4.78 is 28.5. The van der Waals surface area contributed by atoms with E-state index in [4.69, 9.17) is 13.9 Å². The SMILES string of the molecule is COC(=O)[C@@H](Cc1cc(=O)oc2cc(OC)ccc12)NC(=O)c1cccc(F)c1. The summed E-state index contributed by atoms with van der Waals surface area (Å²) >= 11 is 0. The van der Waals surface area contributed by atoms with Crippen LogP contribution in [0.4, 0.5) is 4.39 Å². The summed E-state index contributed by atoms with van der Waals surface area (Å²) in [7, 11) is 2.67. The standard InChI is InChI=1S/C21H18FNO6/c1-27-15-6-7-16-13(10-19(24)29-18(16)11-15)9-17(21(26)28-2)23-20(25)12-4-3-5-14(22)8-12/h3-8,10-11,17H,9H2,1-2H3,(H,23,25)/t17-/m1/s1. The Balaban J connectivity index is 1.94. The first-order valence-electron chi connectivity index (χ1n) is 8.66. The van der Waals surface area contributed by atoms with Gasteiger partial charge in [0.1, 0.15) is 23.2 Å². The highest BCUT2D eigenvalue weighted by molar-refractivity contribution is 5.97. The van der Waals surface area contributed by atoms with Gasteiger partial charge in [-0.25, -0.2) is 14.0 Å². The lowest BCUT2D eigenvalue weighted by Gasteiger charge is -2.17. The average molecular weight is 399 g/mol. The van der Waals surface area contributed by atoms with Crippen LogP contribution >= 0.6 is 0 Å². The van der Waals surface area contributed by atoms with Gasteiger partial charge in [0.05, 0.1) is 14.2 Å². The molecule has 7 nitrogen and oxygen atoms in total. The summed E-state index contributed by atoms with van der Waals surface area (Å²) in [5, 5.41) is 3.11. The first-order chi connectivity index (χ1) is 13.9. The summed E-state index contributed by atoms with van der Waals surface area (Å²) in [6, 6.07) is 10.2. The molecule has 8 heteroatoms. The van der Waals surface area contributed by atoms with Crippen LogP contribution in [0.3, 0.4) is 0 Å². The van der Waals surface area contributed by atoms with Crippen LogP contribution in [-0.4, -0.2) is 32.1 Å². The van der Waals surface area contributed by atoms with E-state index >= 15 is 0 Å². The summed E-state index contributed by atoms with van der Waals surface area (Å²) in [6.45, 7) is 0. The van der Waals surface area contributed by atoms with Crippen molar-refractivity contribution in [2.24, 2.45) is 0 Å². The van der Waals surface area contributed by atoms with E-state index in [1.807, 2.05) is 0 Å². The van der Waals surface area contributed by atoms with Gasteiger partial charge in [-0.05, 0) is 35.9 Å². The number of halogens is 1. The van der Waals surface area contributed by atoms with Crippen LogP contribution in [0.25, 0.3) is 11.0 Å². The second-order valence-electron chi connectivity index (χ2n) is 6.22. The van der Waals surface area contributed by atoms with E-state index in [0.717, 1.165) is 6.07 Å². The Hall–Kier alpha value is -3.68. The number of hydrogen-bond donors (Lipinski definition) is 1. The number of esters is 1. The van der Waals surface area contributed by atoms with Crippen LogP contribution in [0.15, 0.2) is 57.7 Å². The van der Waals surface area contributed by atoms with E-state index in [9.17, 15) is 18.8 Å². The smallest absolute Gasteiger partial charge is 0.336 e. The Kier molecular flexibility index (Phi) is 5.92. The molecule has 0 aliphatic carbocycles. The molecule has 1 N–H and O–H groups in total. The second kappa shape index (κ2) is 8.55. The Morgan fingerprint density at radius 1 is 1.14 bits per heavy atom. The van der Waals surface area contributed by atoms with E-state index in [2.05, 4.69) is 5.32 Å². The van der Waals surface area contributed by atoms with Crippen molar-refractivity contribution < 1.29 is 27.9 Å². The van der Waals surface area contributed by atoms with Gasteiger partial charge in [0.2, 0.25) is 0 Å². The Labute approximate surface area is 165 Å². The fourth-order valence-electron chi connectivity index (χ4n) is 2.93. The number of fused-ring (bicyclic) bond motifs is 1. The molecule has 0 bridgehead atoms. The molecule has 0 saturated carbocycles. The van der Waals surface area contributed by atoms with Gasteiger partial charge < -0.3 is 19.2 Å². The van der Waals surface area contributed by atoms with Gasteiger partial charge in [0.15, 0.2) is 0 Å². The monoisotopic (exact) mass is 399 g/mol. The Morgan fingerprint density at radius 2 is 1.93 bits per heavy atom. The Morgan fingerprint density at radius 3 is 2.62 bits per heavy atom.